The summed E-state index contributed by atoms with van der Waals surface area (Å²) in [5.41, 5.74) is 5.23. The molecule has 0 aromatic carbocycles. The number of carboxylic acid groups (broad SMARTS) is 1. The fraction of sp³-hybridized carbons (Fsp3) is 0.800. The number of carboxylic acids is 1. The second kappa shape index (κ2) is 5.81. The molecule has 2 atom stereocenters. The van der Waals surface area contributed by atoms with Gasteiger partial charge in [-0.3, -0.25) is 4.79 Å². The molecule has 0 heterocycles. The minimum absolute atomic E-state index is 0.0298. The Morgan fingerprint density at radius 2 is 1.88 bits per heavy atom. The van der Waals surface area contributed by atoms with E-state index >= 15 is 0 Å². The Morgan fingerprint density at radius 3 is 2.19 bits per heavy atom. The number of nitrogens with one attached hydrogen (secondary N) is 1. The molecule has 1 unspecified atom stereocenters. The van der Waals surface area contributed by atoms with Crippen LogP contribution in [0.2, 0.25) is 0 Å². The highest BCUT2D eigenvalue weighted by atomic mass is 16.4. The third-order valence-electron chi connectivity index (χ3n) is 2.25. The number of hydrogen-bond acceptors (Lipinski definition) is 4. The number of aliphatic hydroxyl groups excluding tert-OH is 1. The van der Waals surface area contributed by atoms with Crippen LogP contribution in [0.5, 0.6) is 0 Å². The zero-order valence-electron chi connectivity index (χ0n) is 9.86. The van der Waals surface area contributed by atoms with Crippen molar-refractivity contribution in [2.75, 3.05) is 6.61 Å². The van der Waals surface area contributed by atoms with E-state index in [0.29, 0.717) is 0 Å². The predicted molar refractivity (Wildman–Crippen MR) is 58.7 cm³/mol. The highest BCUT2D eigenvalue weighted by Crippen LogP contribution is 2.17. The molecule has 0 aromatic heterocycles. The van der Waals surface area contributed by atoms with Crippen LogP contribution in [0.1, 0.15) is 27.2 Å². The van der Waals surface area contributed by atoms with Gasteiger partial charge in [-0.25, -0.2) is 4.79 Å². The number of hydrogen-bond donors (Lipinski definition) is 4. The van der Waals surface area contributed by atoms with Gasteiger partial charge in [-0.05, 0) is 5.41 Å². The van der Waals surface area contributed by atoms with Gasteiger partial charge in [-0.1, -0.05) is 20.8 Å². The number of nitrogens with two attached hydrogens (primary N) is 1. The van der Waals surface area contributed by atoms with E-state index in [0.717, 1.165) is 0 Å². The van der Waals surface area contributed by atoms with E-state index in [9.17, 15) is 9.59 Å². The molecule has 0 aromatic rings. The Hall–Kier alpha value is -1.14. The third kappa shape index (κ3) is 4.59. The summed E-state index contributed by atoms with van der Waals surface area (Å²) in [5.74, 6) is -1.70. The highest BCUT2D eigenvalue weighted by Gasteiger charge is 2.30. The van der Waals surface area contributed by atoms with E-state index in [1.165, 1.54) is 0 Å². The molecule has 0 radical (unpaired) electrons. The molecule has 1 amide bonds. The standard InChI is InChI=1S/C10H20N2O4/c1-10(2,3)7(11)8(14)12-6(4-5-13)9(15)16/h6-7,13H,4-5,11H2,1-3H3,(H,12,14)(H,15,16)/t6-,7?/m0/s1. The molecule has 0 aliphatic rings. The van der Waals surface area contributed by atoms with E-state index in [4.69, 9.17) is 15.9 Å². The van der Waals surface area contributed by atoms with Crippen molar-refractivity contribution >= 4 is 11.9 Å². The van der Waals surface area contributed by atoms with E-state index in [2.05, 4.69) is 5.32 Å². The van der Waals surface area contributed by atoms with Gasteiger partial charge in [0.1, 0.15) is 6.04 Å². The average Bonchev–Trinajstić information content (AvgIpc) is 2.14. The van der Waals surface area contributed by atoms with Gasteiger partial charge in [0.25, 0.3) is 0 Å². The quantitative estimate of drug-likeness (QED) is 0.501. The average molecular weight is 232 g/mol. The summed E-state index contributed by atoms with van der Waals surface area (Å²) in [6.45, 7) is 5.07. The Labute approximate surface area is 94.8 Å². The lowest BCUT2D eigenvalue weighted by molar-refractivity contribution is -0.142. The van der Waals surface area contributed by atoms with Crippen molar-refractivity contribution in [3.63, 3.8) is 0 Å². The highest BCUT2D eigenvalue weighted by molar-refractivity contribution is 5.87. The van der Waals surface area contributed by atoms with Crippen molar-refractivity contribution in [1.29, 1.82) is 0 Å². The summed E-state index contributed by atoms with van der Waals surface area (Å²) in [7, 11) is 0. The zero-order valence-corrected chi connectivity index (χ0v) is 9.86. The van der Waals surface area contributed by atoms with E-state index in [-0.39, 0.29) is 13.0 Å². The van der Waals surface area contributed by atoms with Gasteiger partial charge >= 0.3 is 5.97 Å². The largest absolute Gasteiger partial charge is 0.480 e. The van der Waals surface area contributed by atoms with Crippen LogP contribution >= 0.6 is 0 Å². The molecule has 0 spiro atoms. The van der Waals surface area contributed by atoms with Gasteiger partial charge in [0.15, 0.2) is 0 Å². The van der Waals surface area contributed by atoms with Crippen LogP contribution in [-0.2, 0) is 9.59 Å². The molecule has 6 nitrogen and oxygen atoms in total. The molecule has 0 bridgehead atoms. The first kappa shape index (κ1) is 14.9. The number of carbonyl (C=O) groups excluding carboxylic acids is 1. The molecule has 16 heavy (non-hydrogen) atoms. The first-order valence-corrected chi connectivity index (χ1v) is 5.09. The van der Waals surface area contributed by atoms with Crippen LogP contribution in [0.3, 0.4) is 0 Å². The zero-order chi connectivity index (χ0) is 12.9. The van der Waals surface area contributed by atoms with Gasteiger partial charge in [0.05, 0.1) is 6.04 Å². The fourth-order valence-corrected chi connectivity index (χ4v) is 1.04. The lowest BCUT2D eigenvalue weighted by Gasteiger charge is -2.27. The van der Waals surface area contributed by atoms with E-state index < -0.39 is 29.4 Å². The van der Waals surface area contributed by atoms with Gasteiger partial charge < -0.3 is 21.3 Å². The number of aliphatic hydroxyl groups is 1. The molecule has 5 N–H and O–H groups in total. The molecule has 94 valence electrons. The number of amides is 1. The van der Waals surface area contributed by atoms with Crippen molar-refractivity contribution in [3.8, 4) is 0 Å². The Morgan fingerprint density at radius 1 is 1.38 bits per heavy atom. The van der Waals surface area contributed by atoms with Crippen LogP contribution in [0.4, 0.5) is 0 Å². The van der Waals surface area contributed by atoms with Crippen LogP contribution in [0.25, 0.3) is 0 Å². The maximum atomic E-state index is 11.6. The van der Waals surface area contributed by atoms with Crippen LogP contribution in [0, 0.1) is 5.41 Å². The van der Waals surface area contributed by atoms with Gasteiger partial charge in [-0.2, -0.15) is 0 Å². The predicted octanol–water partition coefficient (Wildman–Crippen LogP) is -0.688. The van der Waals surface area contributed by atoms with Gasteiger partial charge in [0, 0.05) is 13.0 Å². The molecular weight excluding hydrogens is 212 g/mol. The van der Waals surface area contributed by atoms with Crippen molar-refractivity contribution in [2.24, 2.45) is 11.1 Å². The van der Waals surface area contributed by atoms with Crippen molar-refractivity contribution in [2.45, 2.75) is 39.3 Å². The summed E-state index contributed by atoms with van der Waals surface area (Å²) in [6, 6.07) is -1.88. The Bertz CT molecular complexity index is 260. The molecule has 0 fully saturated rings. The smallest absolute Gasteiger partial charge is 0.326 e. The van der Waals surface area contributed by atoms with Gasteiger partial charge in [-0.15, -0.1) is 0 Å². The number of aliphatic carboxylic acids is 1. The maximum absolute atomic E-state index is 11.6. The Balaban J connectivity index is 4.46. The van der Waals surface area contributed by atoms with E-state index in [1.54, 1.807) is 20.8 Å². The SMILES string of the molecule is CC(C)(C)C(N)C(=O)N[C@@H](CCO)C(=O)O. The topological polar surface area (TPSA) is 113 Å². The van der Waals surface area contributed by atoms with Crippen LogP contribution in [-0.4, -0.2) is 40.8 Å². The lowest BCUT2D eigenvalue weighted by atomic mass is 9.87. The van der Waals surface area contributed by atoms with Crippen molar-refractivity contribution in [1.82, 2.24) is 5.32 Å². The number of carbonyl (C=O) groups is 2. The summed E-state index contributed by atoms with van der Waals surface area (Å²) in [6.07, 6.45) is -0.0298. The fourth-order valence-electron chi connectivity index (χ4n) is 1.04. The molecule has 0 saturated carbocycles. The van der Waals surface area contributed by atoms with Crippen molar-refractivity contribution in [3.05, 3.63) is 0 Å². The molecule has 0 aliphatic heterocycles. The Kier molecular flexibility index (Phi) is 5.40. The summed E-state index contributed by atoms with van der Waals surface area (Å²) >= 11 is 0. The molecule has 0 aliphatic carbocycles. The second-order valence-corrected chi connectivity index (χ2v) is 4.76. The number of rotatable bonds is 5. The normalized spacial score (nSPS) is 15.3. The minimum Gasteiger partial charge on any atom is -0.480 e. The van der Waals surface area contributed by atoms with E-state index in [1.807, 2.05) is 0 Å². The summed E-state index contributed by atoms with van der Waals surface area (Å²) < 4.78 is 0. The third-order valence-corrected chi connectivity index (χ3v) is 2.25. The molecular formula is C10H20N2O4. The summed E-state index contributed by atoms with van der Waals surface area (Å²) in [5, 5.41) is 19.7. The lowest BCUT2D eigenvalue weighted by Crippen LogP contribution is -2.53. The first-order chi connectivity index (χ1) is 7.20. The first-order valence-electron chi connectivity index (χ1n) is 5.09. The molecule has 0 saturated heterocycles. The molecule has 6 heteroatoms. The van der Waals surface area contributed by atoms with Crippen molar-refractivity contribution < 1.29 is 19.8 Å². The van der Waals surface area contributed by atoms with Crippen LogP contribution < -0.4 is 11.1 Å². The molecule has 0 rings (SSSR count). The van der Waals surface area contributed by atoms with Crippen LogP contribution in [0.15, 0.2) is 0 Å². The minimum atomic E-state index is -1.18. The maximum Gasteiger partial charge on any atom is 0.326 e. The van der Waals surface area contributed by atoms with Gasteiger partial charge in [0.2, 0.25) is 5.91 Å². The second-order valence-electron chi connectivity index (χ2n) is 4.76. The summed E-state index contributed by atoms with van der Waals surface area (Å²) in [4.78, 5) is 22.3. The monoisotopic (exact) mass is 232 g/mol.